The molecule has 136 valence electrons. The average Bonchev–Trinajstić information content (AvgIpc) is 3.08. The lowest BCUT2D eigenvalue weighted by Crippen LogP contribution is -1.97. The highest BCUT2D eigenvalue weighted by Gasteiger charge is 2.11. The Kier molecular flexibility index (Phi) is 3.91. The Labute approximate surface area is 164 Å². The molecule has 0 saturated heterocycles. The highest BCUT2D eigenvalue weighted by atomic mass is 16.5. The fraction of sp³-hybridized carbons (Fsp3) is 0.0769. The lowest BCUT2D eigenvalue weighted by molar-refractivity contribution is 0.415. The van der Waals surface area contributed by atoms with Gasteiger partial charge in [0.15, 0.2) is 0 Å². The zero-order chi connectivity index (χ0) is 19.1. The fourth-order valence-electron chi connectivity index (χ4n) is 4.03. The SMILES string of the molecule is COc1ccc(-c2ccc3cc(C)n(-c4cccc5ccccc45)c3c2)cc1. The third-order valence-corrected chi connectivity index (χ3v) is 5.42. The molecule has 5 aromatic rings. The van der Waals surface area contributed by atoms with E-state index in [9.17, 15) is 0 Å². The van der Waals surface area contributed by atoms with Crippen LogP contribution in [0, 0.1) is 6.92 Å². The summed E-state index contributed by atoms with van der Waals surface area (Å²) in [4.78, 5) is 0. The highest BCUT2D eigenvalue weighted by molar-refractivity contribution is 5.94. The Morgan fingerprint density at radius 3 is 2.25 bits per heavy atom. The summed E-state index contributed by atoms with van der Waals surface area (Å²) in [6.07, 6.45) is 0. The molecule has 0 radical (unpaired) electrons. The van der Waals surface area contributed by atoms with Gasteiger partial charge >= 0.3 is 0 Å². The molecule has 0 aliphatic carbocycles. The van der Waals surface area contributed by atoms with Crippen molar-refractivity contribution in [2.75, 3.05) is 7.11 Å². The van der Waals surface area contributed by atoms with Gasteiger partial charge in [0.2, 0.25) is 0 Å². The maximum atomic E-state index is 5.29. The van der Waals surface area contributed by atoms with E-state index in [2.05, 4.69) is 90.4 Å². The average molecular weight is 363 g/mol. The van der Waals surface area contributed by atoms with Crippen molar-refractivity contribution in [3.63, 3.8) is 0 Å². The van der Waals surface area contributed by atoms with Crippen LogP contribution >= 0.6 is 0 Å². The van der Waals surface area contributed by atoms with Crippen LogP contribution in [-0.2, 0) is 0 Å². The zero-order valence-corrected chi connectivity index (χ0v) is 16.0. The van der Waals surface area contributed by atoms with Crippen molar-refractivity contribution in [1.82, 2.24) is 4.57 Å². The second-order valence-electron chi connectivity index (χ2n) is 7.12. The van der Waals surface area contributed by atoms with Crippen LogP contribution in [0.25, 0.3) is 38.5 Å². The maximum Gasteiger partial charge on any atom is 0.118 e. The smallest absolute Gasteiger partial charge is 0.118 e. The molecule has 1 aromatic heterocycles. The topological polar surface area (TPSA) is 14.2 Å². The third kappa shape index (κ3) is 2.66. The van der Waals surface area contributed by atoms with Crippen LogP contribution < -0.4 is 4.74 Å². The standard InChI is InChI=1S/C26H21NO/c1-18-16-22-11-10-21(19-12-14-23(28-2)15-13-19)17-26(22)27(18)25-9-5-7-20-6-3-4-8-24(20)25/h3-17H,1-2H3. The largest absolute Gasteiger partial charge is 0.497 e. The quantitative estimate of drug-likeness (QED) is 0.345. The molecule has 0 atom stereocenters. The van der Waals surface area contributed by atoms with Crippen molar-refractivity contribution < 1.29 is 4.74 Å². The number of nitrogens with zero attached hydrogens (tertiary/aromatic N) is 1. The number of aryl methyl sites for hydroxylation is 1. The Hall–Kier alpha value is -3.52. The molecule has 2 nitrogen and oxygen atoms in total. The Balaban J connectivity index is 1.73. The molecule has 0 aliphatic heterocycles. The van der Waals surface area contributed by atoms with Crippen LogP contribution in [0.1, 0.15) is 5.69 Å². The summed E-state index contributed by atoms with van der Waals surface area (Å²) >= 11 is 0. The van der Waals surface area contributed by atoms with Gasteiger partial charge in [-0.2, -0.15) is 0 Å². The van der Waals surface area contributed by atoms with Crippen LogP contribution in [0.3, 0.4) is 0 Å². The molecule has 4 aromatic carbocycles. The molecule has 0 fully saturated rings. The van der Waals surface area contributed by atoms with Gasteiger partial charge in [0.25, 0.3) is 0 Å². The van der Waals surface area contributed by atoms with Crippen LogP contribution in [0.4, 0.5) is 0 Å². The minimum absolute atomic E-state index is 0.875. The number of hydrogen-bond acceptors (Lipinski definition) is 1. The maximum absolute atomic E-state index is 5.29. The van der Waals surface area contributed by atoms with E-state index in [1.807, 2.05) is 12.1 Å². The molecule has 0 unspecified atom stereocenters. The fourth-order valence-corrected chi connectivity index (χ4v) is 4.03. The summed E-state index contributed by atoms with van der Waals surface area (Å²) in [5, 5.41) is 3.77. The molecule has 0 aliphatic rings. The van der Waals surface area contributed by atoms with E-state index in [-0.39, 0.29) is 0 Å². The number of fused-ring (bicyclic) bond motifs is 2. The lowest BCUT2D eigenvalue weighted by Gasteiger charge is -2.13. The minimum atomic E-state index is 0.875. The molecular weight excluding hydrogens is 342 g/mol. The molecule has 0 bridgehead atoms. The van der Waals surface area contributed by atoms with Gasteiger partial charge < -0.3 is 9.30 Å². The van der Waals surface area contributed by atoms with Gasteiger partial charge in [0, 0.05) is 16.5 Å². The van der Waals surface area contributed by atoms with Gasteiger partial charge in [-0.1, -0.05) is 60.7 Å². The molecule has 0 spiro atoms. The van der Waals surface area contributed by atoms with E-state index >= 15 is 0 Å². The van der Waals surface area contributed by atoms with Crippen LogP contribution in [0.5, 0.6) is 5.75 Å². The number of methoxy groups -OCH3 is 1. The molecule has 0 amide bonds. The molecular formula is C26H21NO. The summed E-state index contributed by atoms with van der Waals surface area (Å²) in [5.74, 6) is 0.875. The monoisotopic (exact) mass is 363 g/mol. The van der Waals surface area contributed by atoms with Gasteiger partial charge in [-0.25, -0.2) is 0 Å². The van der Waals surface area contributed by atoms with Crippen molar-refractivity contribution in [1.29, 1.82) is 0 Å². The first-order valence-electron chi connectivity index (χ1n) is 9.49. The van der Waals surface area contributed by atoms with E-state index in [0.717, 1.165) is 5.75 Å². The third-order valence-electron chi connectivity index (χ3n) is 5.42. The number of ether oxygens (including phenoxy) is 1. The summed E-state index contributed by atoms with van der Waals surface area (Å²) in [6.45, 7) is 2.18. The highest BCUT2D eigenvalue weighted by Crippen LogP contribution is 2.32. The second kappa shape index (κ2) is 6.58. The minimum Gasteiger partial charge on any atom is -0.497 e. The molecule has 2 heteroatoms. The normalized spacial score (nSPS) is 11.2. The number of benzene rings is 4. The van der Waals surface area contributed by atoms with Crippen molar-refractivity contribution in [2.24, 2.45) is 0 Å². The summed E-state index contributed by atoms with van der Waals surface area (Å²) in [6, 6.07) is 32.3. The molecule has 0 N–H and O–H groups in total. The van der Waals surface area contributed by atoms with E-state index < -0.39 is 0 Å². The van der Waals surface area contributed by atoms with E-state index in [1.54, 1.807) is 7.11 Å². The first-order valence-corrected chi connectivity index (χ1v) is 9.49. The van der Waals surface area contributed by atoms with Gasteiger partial charge in [-0.05, 0) is 53.8 Å². The first-order chi connectivity index (χ1) is 13.7. The van der Waals surface area contributed by atoms with E-state index in [0.29, 0.717) is 0 Å². The van der Waals surface area contributed by atoms with Crippen LogP contribution in [-0.4, -0.2) is 11.7 Å². The van der Waals surface area contributed by atoms with Gasteiger partial charge in [0.1, 0.15) is 5.75 Å². The summed E-state index contributed by atoms with van der Waals surface area (Å²) in [5.41, 5.74) is 6.07. The zero-order valence-electron chi connectivity index (χ0n) is 16.0. The summed E-state index contributed by atoms with van der Waals surface area (Å²) in [7, 11) is 1.70. The van der Waals surface area contributed by atoms with Gasteiger partial charge in [0.05, 0.1) is 18.3 Å². The number of rotatable bonds is 3. The van der Waals surface area contributed by atoms with Crippen molar-refractivity contribution in [2.45, 2.75) is 6.92 Å². The first kappa shape index (κ1) is 16.6. The second-order valence-corrected chi connectivity index (χ2v) is 7.12. The Morgan fingerprint density at radius 2 is 1.43 bits per heavy atom. The molecule has 1 heterocycles. The summed E-state index contributed by atoms with van der Waals surface area (Å²) < 4.78 is 7.66. The molecule has 28 heavy (non-hydrogen) atoms. The number of aromatic nitrogens is 1. The van der Waals surface area contributed by atoms with Crippen LogP contribution in [0.15, 0.2) is 91.0 Å². The predicted molar refractivity (Wildman–Crippen MR) is 118 cm³/mol. The number of hydrogen-bond donors (Lipinski definition) is 0. The predicted octanol–water partition coefficient (Wildman–Crippen LogP) is 6.77. The lowest BCUT2D eigenvalue weighted by atomic mass is 10.0. The van der Waals surface area contributed by atoms with E-state index in [4.69, 9.17) is 4.74 Å². The molecule has 0 saturated carbocycles. The molecule has 5 rings (SSSR count). The van der Waals surface area contributed by atoms with Crippen molar-refractivity contribution >= 4 is 21.7 Å². The van der Waals surface area contributed by atoms with Gasteiger partial charge in [-0.15, -0.1) is 0 Å². The van der Waals surface area contributed by atoms with Gasteiger partial charge in [-0.3, -0.25) is 0 Å². The van der Waals surface area contributed by atoms with Crippen LogP contribution in [0.2, 0.25) is 0 Å². The Bertz CT molecular complexity index is 1290. The van der Waals surface area contributed by atoms with Crippen molar-refractivity contribution in [3.8, 4) is 22.6 Å². The Morgan fingerprint density at radius 1 is 0.679 bits per heavy atom. The van der Waals surface area contributed by atoms with E-state index in [1.165, 1.54) is 44.2 Å². The van der Waals surface area contributed by atoms with Crippen molar-refractivity contribution in [3.05, 3.63) is 96.7 Å².